The monoisotopic (exact) mass is 416 g/mol. The van der Waals surface area contributed by atoms with Gasteiger partial charge in [0.2, 0.25) is 11.8 Å². The number of aryl methyl sites for hydroxylation is 2. The minimum absolute atomic E-state index is 0.0262. The molecule has 1 fully saturated rings. The van der Waals surface area contributed by atoms with Crippen molar-refractivity contribution in [3.63, 3.8) is 0 Å². The molecule has 1 aromatic heterocycles. The number of aromatic amines is 1. The summed E-state index contributed by atoms with van der Waals surface area (Å²) in [6.07, 6.45) is 2.64. The Bertz CT molecular complexity index is 1050. The normalized spacial score (nSPS) is 14.7. The summed E-state index contributed by atoms with van der Waals surface area (Å²) >= 11 is 0. The fraction of sp³-hybridized carbons (Fsp3) is 0.320. The zero-order valence-corrected chi connectivity index (χ0v) is 18.0. The molecule has 0 aliphatic carbocycles. The van der Waals surface area contributed by atoms with Gasteiger partial charge in [0.05, 0.1) is 24.1 Å². The first-order valence-electron chi connectivity index (χ1n) is 10.6. The molecule has 4 rings (SSSR count). The standard InChI is InChI=1S/C25H28N4O2/c1-18-8-9-19(2)21(12-18)13-23(30)29-16-25(17-29,14-20-6-4-3-5-7-20)24(31)26-15-22-10-11-27-28-22/h3-12H,13-17H2,1-2H3,(H,26,31)(H,27,28). The second-order valence-corrected chi connectivity index (χ2v) is 8.56. The van der Waals surface area contributed by atoms with Crippen LogP contribution in [-0.2, 0) is 29.0 Å². The Balaban J connectivity index is 1.45. The summed E-state index contributed by atoms with van der Waals surface area (Å²) in [6.45, 7) is 5.32. The molecule has 3 aromatic rings. The number of hydrogen-bond acceptors (Lipinski definition) is 3. The van der Waals surface area contributed by atoms with Gasteiger partial charge in [-0.05, 0) is 43.0 Å². The Morgan fingerprint density at radius 2 is 1.87 bits per heavy atom. The number of hydrogen-bond donors (Lipinski definition) is 2. The van der Waals surface area contributed by atoms with Crippen LogP contribution in [-0.4, -0.2) is 40.0 Å². The summed E-state index contributed by atoms with van der Waals surface area (Å²) in [6, 6.07) is 18.0. The first kappa shape index (κ1) is 20.8. The number of aromatic nitrogens is 2. The lowest BCUT2D eigenvalue weighted by atomic mass is 9.73. The molecule has 0 saturated carbocycles. The predicted octanol–water partition coefficient (Wildman–Crippen LogP) is 2.96. The molecule has 0 spiro atoms. The summed E-state index contributed by atoms with van der Waals surface area (Å²) in [5.74, 6) is 0.0421. The molecular weight excluding hydrogens is 388 g/mol. The van der Waals surface area contributed by atoms with Gasteiger partial charge in [0.25, 0.3) is 0 Å². The number of likely N-dealkylation sites (tertiary alicyclic amines) is 1. The quantitative estimate of drug-likeness (QED) is 0.622. The smallest absolute Gasteiger partial charge is 0.230 e. The van der Waals surface area contributed by atoms with Crippen LogP contribution in [0.4, 0.5) is 0 Å². The third-order valence-corrected chi connectivity index (χ3v) is 6.05. The van der Waals surface area contributed by atoms with Crippen molar-refractivity contribution in [3.8, 4) is 0 Å². The molecule has 0 atom stereocenters. The molecule has 0 unspecified atom stereocenters. The van der Waals surface area contributed by atoms with E-state index in [0.29, 0.717) is 32.5 Å². The number of nitrogens with one attached hydrogen (secondary N) is 2. The van der Waals surface area contributed by atoms with Crippen molar-refractivity contribution in [1.29, 1.82) is 0 Å². The van der Waals surface area contributed by atoms with E-state index in [0.717, 1.165) is 27.9 Å². The van der Waals surface area contributed by atoms with Crippen molar-refractivity contribution in [2.45, 2.75) is 33.2 Å². The highest BCUT2D eigenvalue weighted by atomic mass is 16.2. The first-order chi connectivity index (χ1) is 14.9. The molecule has 2 heterocycles. The van der Waals surface area contributed by atoms with Crippen molar-refractivity contribution < 1.29 is 9.59 Å². The summed E-state index contributed by atoms with van der Waals surface area (Å²) in [7, 11) is 0. The lowest BCUT2D eigenvalue weighted by Crippen LogP contribution is -2.65. The zero-order chi connectivity index (χ0) is 21.8. The maximum absolute atomic E-state index is 13.2. The molecule has 31 heavy (non-hydrogen) atoms. The van der Waals surface area contributed by atoms with E-state index in [1.54, 1.807) is 11.1 Å². The van der Waals surface area contributed by atoms with Crippen molar-refractivity contribution >= 4 is 11.8 Å². The second kappa shape index (κ2) is 8.76. The van der Waals surface area contributed by atoms with E-state index in [1.807, 2.05) is 50.2 Å². The Hall–Kier alpha value is -3.41. The van der Waals surface area contributed by atoms with Crippen LogP contribution in [0.5, 0.6) is 0 Å². The molecule has 1 aliphatic heterocycles. The van der Waals surface area contributed by atoms with Crippen molar-refractivity contribution in [2.75, 3.05) is 13.1 Å². The lowest BCUT2D eigenvalue weighted by Gasteiger charge is -2.49. The van der Waals surface area contributed by atoms with E-state index >= 15 is 0 Å². The van der Waals surface area contributed by atoms with Gasteiger partial charge in [-0.15, -0.1) is 0 Å². The van der Waals surface area contributed by atoms with Gasteiger partial charge < -0.3 is 10.2 Å². The van der Waals surface area contributed by atoms with E-state index in [-0.39, 0.29) is 11.8 Å². The summed E-state index contributed by atoms with van der Waals surface area (Å²) < 4.78 is 0. The summed E-state index contributed by atoms with van der Waals surface area (Å²) in [5.41, 5.74) is 4.65. The van der Waals surface area contributed by atoms with Crippen molar-refractivity contribution in [2.24, 2.45) is 5.41 Å². The molecule has 1 saturated heterocycles. The van der Waals surface area contributed by atoms with Crippen molar-refractivity contribution in [1.82, 2.24) is 20.4 Å². The highest BCUT2D eigenvalue weighted by Gasteiger charge is 2.50. The zero-order valence-electron chi connectivity index (χ0n) is 18.0. The van der Waals surface area contributed by atoms with E-state index in [9.17, 15) is 9.59 Å². The predicted molar refractivity (Wildman–Crippen MR) is 119 cm³/mol. The van der Waals surface area contributed by atoms with Crippen LogP contribution < -0.4 is 5.32 Å². The Kier molecular flexibility index (Phi) is 5.89. The number of nitrogens with zero attached hydrogens (tertiary/aromatic N) is 2. The molecular formula is C25H28N4O2. The third kappa shape index (κ3) is 4.68. The second-order valence-electron chi connectivity index (χ2n) is 8.56. The van der Waals surface area contributed by atoms with E-state index < -0.39 is 5.41 Å². The first-order valence-corrected chi connectivity index (χ1v) is 10.6. The maximum Gasteiger partial charge on any atom is 0.230 e. The molecule has 2 amide bonds. The van der Waals surface area contributed by atoms with Crippen LogP contribution in [0.3, 0.4) is 0 Å². The van der Waals surface area contributed by atoms with Gasteiger partial charge in [-0.3, -0.25) is 14.7 Å². The number of carbonyl (C=O) groups excluding carboxylic acids is 2. The average Bonchev–Trinajstić information content (AvgIpc) is 3.25. The fourth-order valence-corrected chi connectivity index (χ4v) is 4.19. The third-order valence-electron chi connectivity index (χ3n) is 6.05. The van der Waals surface area contributed by atoms with E-state index in [2.05, 4.69) is 33.7 Å². The molecule has 160 valence electrons. The topological polar surface area (TPSA) is 78.1 Å². The Morgan fingerprint density at radius 1 is 1.10 bits per heavy atom. The van der Waals surface area contributed by atoms with Gasteiger partial charge in [0.15, 0.2) is 0 Å². The van der Waals surface area contributed by atoms with Crippen LogP contribution in [0, 0.1) is 19.3 Å². The number of rotatable bonds is 7. The summed E-state index contributed by atoms with van der Waals surface area (Å²) in [5, 5.41) is 9.81. The Morgan fingerprint density at radius 3 is 2.58 bits per heavy atom. The van der Waals surface area contributed by atoms with E-state index in [1.165, 1.54) is 0 Å². The van der Waals surface area contributed by atoms with Gasteiger partial charge in [-0.25, -0.2) is 0 Å². The molecule has 6 nitrogen and oxygen atoms in total. The van der Waals surface area contributed by atoms with Gasteiger partial charge in [-0.1, -0.05) is 54.1 Å². The van der Waals surface area contributed by atoms with Crippen LogP contribution >= 0.6 is 0 Å². The highest BCUT2D eigenvalue weighted by Crippen LogP contribution is 2.35. The molecule has 1 aliphatic rings. The van der Waals surface area contributed by atoms with Crippen LogP contribution in [0.1, 0.15) is 27.9 Å². The van der Waals surface area contributed by atoms with Gasteiger partial charge in [0, 0.05) is 19.3 Å². The minimum Gasteiger partial charge on any atom is -0.350 e. The van der Waals surface area contributed by atoms with Crippen LogP contribution in [0.15, 0.2) is 60.8 Å². The SMILES string of the molecule is Cc1ccc(C)c(CC(=O)N2CC(Cc3ccccc3)(C(=O)NCc3ccn[nH]3)C2)c1. The highest BCUT2D eigenvalue weighted by molar-refractivity contribution is 5.88. The Labute approximate surface area is 182 Å². The maximum atomic E-state index is 13.2. The van der Waals surface area contributed by atoms with Crippen molar-refractivity contribution in [3.05, 3.63) is 88.7 Å². The molecule has 0 bridgehead atoms. The van der Waals surface area contributed by atoms with Crippen LogP contribution in [0.2, 0.25) is 0 Å². The number of H-pyrrole nitrogens is 1. The van der Waals surface area contributed by atoms with Gasteiger partial charge >= 0.3 is 0 Å². The molecule has 2 N–H and O–H groups in total. The molecule has 6 heteroatoms. The molecule has 0 radical (unpaired) electrons. The van der Waals surface area contributed by atoms with Gasteiger partial charge in [0.1, 0.15) is 0 Å². The number of carbonyl (C=O) groups is 2. The average molecular weight is 417 g/mol. The summed E-state index contributed by atoms with van der Waals surface area (Å²) in [4.78, 5) is 27.9. The number of benzene rings is 2. The lowest BCUT2D eigenvalue weighted by molar-refractivity contribution is -0.153. The largest absolute Gasteiger partial charge is 0.350 e. The minimum atomic E-state index is -0.612. The fourth-order valence-electron chi connectivity index (χ4n) is 4.19. The molecule has 2 aromatic carbocycles. The van der Waals surface area contributed by atoms with E-state index in [4.69, 9.17) is 0 Å². The van der Waals surface area contributed by atoms with Crippen LogP contribution in [0.25, 0.3) is 0 Å². The number of amides is 2. The van der Waals surface area contributed by atoms with Gasteiger partial charge in [-0.2, -0.15) is 5.10 Å².